The summed E-state index contributed by atoms with van der Waals surface area (Å²) in [5, 5.41) is 8.95. The molecular weight excluding hydrogens is 308 g/mol. The van der Waals surface area contributed by atoms with Crippen molar-refractivity contribution in [3.8, 4) is 6.07 Å². The third-order valence-electron chi connectivity index (χ3n) is 3.22. The Balaban J connectivity index is 2.69. The number of unbranched alkanes of at least 4 members (excludes halogenated alkanes) is 3. The SMILES string of the molecule is CCCCCCC(C)NS(=O)(=O)c1ccc(C#N)c(Cl)c1. The molecule has 0 radical (unpaired) electrons. The Labute approximate surface area is 132 Å². The van der Waals surface area contributed by atoms with Crippen LogP contribution in [-0.4, -0.2) is 14.5 Å². The number of rotatable bonds is 8. The summed E-state index contributed by atoms with van der Waals surface area (Å²) in [5.41, 5.74) is 0.267. The maximum Gasteiger partial charge on any atom is 0.240 e. The molecule has 0 aliphatic heterocycles. The van der Waals surface area contributed by atoms with Crippen LogP contribution < -0.4 is 4.72 Å². The first-order valence-corrected chi connectivity index (χ1v) is 8.98. The van der Waals surface area contributed by atoms with E-state index in [1.807, 2.05) is 13.0 Å². The lowest BCUT2D eigenvalue weighted by molar-refractivity contribution is 0.522. The molecule has 1 atom stereocenters. The summed E-state index contributed by atoms with van der Waals surface area (Å²) in [4.78, 5) is 0.0897. The van der Waals surface area contributed by atoms with Crippen LogP contribution in [-0.2, 0) is 10.0 Å². The molecule has 0 saturated carbocycles. The first-order valence-electron chi connectivity index (χ1n) is 7.12. The predicted octanol–water partition coefficient (Wildman–Crippen LogP) is 3.85. The fraction of sp³-hybridized carbons (Fsp3) is 0.533. The summed E-state index contributed by atoms with van der Waals surface area (Å²) in [6, 6.07) is 5.91. The average Bonchev–Trinajstić information content (AvgIpc) is 2.43. The van der Waals surface area contributed by atoms with Crippen LogP contribution >= 0.6 is 11.6 Å². The van der Waals surface area contributed by atoms with Gasteiger partial charge in [0.05, 0.1) is 15.5 Å². The summed E-state index contributed by atoms with van der Waals surface area (Å²) >= 11 is 5.88. The van der Waals surface area contributed by atoms with Gasteiger partial charge in [-0.05, 0) is 31.5 Å². The summed E-state index contributed by atoms with van der Waals surface area (Å²) in [5.74, 6) is 0. The second kappa shape index (κ2) is 8.38. The van der Waals surface area contributed by atoms with Crippen LogP contribution in [0.1, 0.15) is 51.5 Å². The molecule has 1 aromatic rings. The van der Waals surface area contributed by atoms with Crippen LogP contribution in [0.2, 0.25) is 5.02 Å². The summed E-state index contributed by atoms with van der Waals surface area (Å²) in [7, 11) is -3.59. The molecule has 1 N–H and O–H groups in total. The van der Waals surface area contributed by atoms with Crippen LogP contribution in [0, 0.1) is 11.3 Å². The number of nitriles is 1. The summed E-state index contributed by atoms with van der Waals surface area (Å²) in [6.45, 7) is 4.00. The summed E-state index contributed by atoms with van der Waals surface area (Å²) in [6.07, 6.45) is 5.26. The minimum atomic E-state index is -3.59. The second-order valence-corrected chi connectivity index (χ2v) is 7.25. The maximum absolute atomic E-state index is 12.2. The van der Waals surface area contributed by atoms with Crippen LogP contribution in [0.25, 0.3) is 0 Å². The van der Waals surface area contributed by atoms with Crippen molar-refractivity contribution >= 4 is 21.6 Å². The fourth-order valence-corrected chi connectivity index (χ4v) is 3.61. The molecule has 0 fully saturated rings. The molecule has 21 heavy (non-hydrogen) atoms. The highest BCUT2D eigenvalue weighted by Crippen LogP contribution is 2.20. The molecule has 4 nitrogen and oxygen atoms in total. The summed E-state index contributed by atoms with van der Waals surface area (Å²) < 4.78 is 27.1. The Hall–Kier alpha value is -1.09. The number of nitrogens with zero attached hydrogens (tertiary/aromatic N) is 1. The van der Waals surface area contributed by atoms with Gasteiger partial charge in [0.25, 0.3) is 0 Å². The van der Waals surface area contributed by atoms with E-state index in [0.717, 1.165) is 25.7 Å². The highest BCUT2D eigenvalue weighted by molar-refractivity contribution is 7.89. The van der Waals surface area contributed by atoms with Crippen LogP contribution in [0.5, 0.6) is 0 Å². The molecule has 0 aliphatic rings. The van der Waals surface area contributed by atoms with E-state index in [0.29, 0.717) is 0 Å². The lowest BCUT2D eigenvalue weighted by Crippen LogP contribution is -2.32. The van der Waals surface area contributed by atoms with E-state index >= 15 is 0 Å². The Morgan fingerprint density at radius 3 is 2.62 bits per heavy atom. The monoisotopic (exact) mass is 328 g/mol. The van der Waals surface area contributed by atoms with Crippen molar-refractivity contribution in [1.29, 1.82) is 5.26 Å². The largest absolute Gasteiger partial charge is 0.240 e. The lowest BCUT2D eigenvalue weighted by Gasteiger charge is -2.14. The highest BCUT2D eigenvalue weighted by atomic mass is 35.5. The molecule has 116 valence electrons. The zero-order chi connectivity index (χ0) is 15.9. The Bertz CT molecular complexity index is 609. The van der Waals surface area contributed by atoms with E-state index in [1.54, 1.807) is 0 Å². The van der Waals surface area contributed by atoms with Crippen LogP contribution in [0.4, 0.5) is 0 Å². The minimum absolute atomic E-state index is 0.0897. The molecule has 1 aromatic carbocycles. The maximum atomic E-state index is 12.2. The van der Waals surface area contributed by atoms with Gasteiger partial charge in [0.2, 0.25) is 10.0 Å². The van der Waals surface area contributed by atoms with Crippen molar-refractivity contribution in [2.75, 3.05) is 0 Å². The molecule has 0 aromatic heterocycles. The first-order chi connectivity index (χ1) is 9.90. The quantitative estimate of drug-likeness (QED) is 0.737. The van der Waals surface area contributed by atoms with E-state index < -0.39 is 10.0 Å². The number of halogens is 1. The number of nitrogens with one attached hydrogen (secondary N) is 1. The lowest BCUT2D eigenvalue weighted by atomic mass is 10.1. The Morgan fingerprint density at radius 2 is 2.05 bits per heavy atom. The predicted molar refractivity (Wildman–Crippen MR) is 84.7 cm³/mol. The third kappa shape index (κ3) is 5.66. The van der Waals surface area contributed by atoms with E-state index in [4.69, 9.17) is 16.9 Å². The van der Waals surface area contributed by atoms with E-state index in [1.165, 1.54) is 24.6 Å². The molecule has 0 saturated heterocycles. The Morgan fingerprint density at radius 1 is 1.33 bits per heavy atom. The highest BCUT2D eigenvalue weighted by Gasteiger charge is 2.18. The van der Waals surface area contributed by atoms with E-state index in [9.17, 15) is 8.42 Å². The van der Waals surface area contributed by atoms with Gasteiger partial charge < -0.3 is 0 Å². The van der Waals surface area contributed by atoms with Gasteiger partial charge in [-0.25, -0.2) is 13.1 Å². The second-order valence-electron chi connectivity index (χ2n) is 5.13. The molecule has 1 unspecified atom stereocenters. The van der Waals surface area contributed by atoms with Crippen molar-refractivity contribution in [3.05, 3.63) is 28.8 Å². The fourth-order valence-electron chi connectivity index (χ4n) is 2.02. The molecule has 1 rings (SSSR count). The zero-order valence-electron chi connectivity index (χ0n) is 12.4. The Kier molecular flexibility index (Phi) is 7.16. The molecule has 0 amide bonds. The van der Waals surface area contributed by atoms with Gasteiger partial charge >= 0.3 is 0 Å². The first kappa shape index (κ1) is 18.0. The van der Waals surface area contributed by atoms with Gasteiger partial charge in [0.15, 0.2) is 0 Å². The molecule has 0 bridgehead atoms. The van der Waals surface area contributed by atoms with Crippen molar-refractivity contribution in [2.45, 2.75) is 56.9 Å². The standard InChI is InChI=1S/C15H21ClN2O2S/c1-3-4-5-6-7-12(2)18-21(19,20)14-9-8-13(11-17)15(16)10-14/h8-10,12,18H,3-7H2,1-2H3. The van der Waals surface area contributed by atoms with Crippen molar-refractivity contribution in [2.24, 2.45) is 0 Å². The molecular formula is C15H21ClN2O2S. The normalized spacial score (nSPS) is 12.9. The molecule has 0 heterocycles. The van der Waals surface area contributed by atoms with Crippen molar-refractivity contribution in [3.63, 3.8) is 0 Å². The van der Waals surface area contributed by atoms with Crippen molar-refractivity contribution in [1.82, 2.24) is 4.72 Å². The molecule has 0 spiro atoms. The minimum Gasteiger partial charge on any atom is -0.208 e. The number of sulfonamides is 1. The van der Waals surface area contributed by atoms with Gasteiger partial charge in [-0.2, -0.15) is 5.26 Å². The number of hydrogen-bond acceptors (Lipinski definition) is 3. The van der Waals surface area contributed by atoms with Gasteiger partial charge in [-0.1, -0.05) is 44.2 Å². The van der Waals surface area contributed by atoms with Gasteiger partial charge in [-0.15, -0.1) is 0 Å². The van der Waals surface area contributed by atoms with Gasteiger partial charge in [-0.3, -0.25) is 0 Å². The topological polar surface area (TPSA) is 70.0 Å². The zero-order valence-corrected chi connectivity index (χ0v) is 14.0. The number of benzene rings is 1. The average molecular weight is 329 g/mol. The number of hydrogen-bond donors (Lipinski definition) is 1. The van der Waals surface area contributed by atoms with Gasteiger partial charge in [0, 0.05) is 6.04 Å². The van der Waals surface area contributed by atoms with Gasteiger partial charge in [0.1, 0.15) is 6.07 Å². The van der Waals surface area contributed by atoms with E-state index in [2.05, 4.69) is 11.6 Å². The van der Waals surface area contributed by atoms with Crippen molar-refractivity contribution < 1.29 is 8.42 Å². The molecule has 0 aliphatic carbocycles. The smallest absolute Gasteiger partial charge is 0.208 e. The third-order valence-corrected chi connectivity index (χ3v) is 5.12. The molecule has 6 heteroatoms. The van der Waals surface area contributed by atoms with Crippen LogP contribution in [0.3, 0.4) is 0 Å². The van der Waals surface area contributed by atoms with Crippen LogP contribution in [0.15, 0.2) is 23.1 Å². The van der Waals surface area contributed by atoms with E-state index in [-0.39, 0.29) is 21.5 Å².